The van der Waals surface area contributed by atoms with Gasteiger partial charge >= 0.3 is 6.09 Å². The molecule has 0 aromatic carbocycles. The van der Waals surface area contributed by atoms with E-state index in [-0.39, 0.29) is 22.8 Å². The molecule has 1 aliphatic heterocycles. The molecule has 1 aromatic heterocycles. The lowest BCUT2D eigenvalue weighted by Crippen LogP contribution is -2.53. The molecular formula is C15H21N3O3S. The van der Waals surface area contributed by atoms with E-state index in [1.54, 1.807) is 16.2 Å². The first kappa shape index (κ1) is 15.3. The van der Waals surface area contributed by atoms with Gasteiger partial charge in [0.15, 0.2) is 5.13 Å². The Balaban J connectivity index is 1.70. The highest BCUT2D eigenvalue weighted by atomic mass is 32.1. The smallest absolute Gasteiger partial charge is 0.404 e. The van der Waals surface area contributed by atoms with Gasteiger partial charge in [0.25, 0.3) is 0 Å². The molecule has 2 amide bonds. The third kappa shape index (κ3) is 2.47. The number of thiazole rings is 1. The summed E-state index contributed by atoms with van der Waals surface area (Å²) < 4.78 is 0. The van der Waals surface area contributed by atoms with E-state index in [9.17, 15) is 9.59 Å². The summed E-state index contributed by atoms with van der Waals surface area (Å²) >= 11 is 1.57. The molecule has 0 unspecified atom stereocenters. The highest BCUT2D eigenvalue weighted by Gasteiger charge is 2.56. The predicted octanol–water partition coefficient (Wildman–Crippen LogP) is 2.59. The summed E-state index contributed by atoms with van der Waals surface area (Å²) in [6, 6.07) is -0.0946. The number of anilines is 1. The molecule has 0 atom stereocenters. The molecule has 120 valence electrons. The van der Waals surface area contributed by atoms with Crippen LogP contribution in [-0.4, -0.2) is 34.7 Å². The van der Waals surface area contributed by atoms with Gasteiger partial charge in [0.05, 0.1) is 5.41 Å². The molecule has 2 aliphatic rings. The summed E-state index contributed by atoms with van der Waals surface area (Å²) in [5, 5.41) is 12.0. The Morgan fingerprint density at radius 1 is 1.50 bits per heavy atom. The zero-order chi connectivity index (χ0) is 16.1. The van der Waals surface area contributed by atoms with Gasteiger partial charge in [-0.05, 0) is 24.7 Å². The third-order valence-electron chi connectivity index (χ3n) is 4.58. The van der Waals surface area contributed by atoms with Gasteiger partial charge in [-0.1, -0.05) is 20.8 Å². The van der Waals surface area contributed by atoms with Crippen molar-refractivity contribution in [3.8, 4) is 0 Å². The van der Waals surface area contributed by atoms with Crippen LogP contribution >= 0.6 is 11.3 Å². The van der Waals surface area contributed by atoms with Gasteiger partial charge in [-0.25, -0.2) is 9.78 Å². The van der Waals surface area contributed by atoms with Crippen molar-refractivity contribution < 1.29 is 14.7 Å². The molecule has 2 fully saturated rings. The van der Waals surface area contributed by atoms with Crippen LogP contribution in [0.4, 0.5) is 9.93 Å². The lowest BCUT2D eigenvalue weighted by Gasteiger charge is -2.42. The third-order valence-corrected chi connectivity index (χ3v) is 6.02. The fraction of sp³-hybridized carbons (Fsp3) is 0.667. The van der Waals surface area contributed by atoms with Gasteiger partial charge in [0, 0.05) is 23.7 Å². The first-order valence-corrected chi connectivity index (χ1v) is 8.31. The van der Waals surface area contributed by atoms with Gasteiger partial charge in [-0.2, -0.15) is 0 Å². The summed E-state index contributed by atoms with van der Waals surface area (Å²) in [6.45, 7) is 7.07. The summed E-state index contributed by atoms with van der Waals surface area (Å²) in [5.74, 6) is 0.103. The van der Waals surface area contributed by atoms with E-state index >= 15 is 0 Å². The number of carbonyl (C=O) groups is 2. The average Bonchev–Trinajstić information content (AvgIpc) is 2.93. The minimum atomic E-state index is -1.02. The van der Waals surface area contributed by atoms with Crippen LogP contribution in [0, 0.1) is 5.41 Å². The Kier molecular flexibility index (Phi) is 3.43. The molecule has 2 N–H and O–H groups in total. The van der Waals surface area contributed by atoms with Crippen molar-refractivity contribution in [2.45, 2.75) is 51.5 Å². The maximum absolute atomic E-state index is 12.7. The largest absolute Gasteiger partial charge is 0.465 e. The number of carboxylic acid groups (broad SMARTS) is 1. The highest BCUT2D eigenvalue weighted by molar-refractivity contribution is 7.15. The Morgan fingerprint density at radius 2 is 2.18 bits per heavy atom. The van der Waals surface area contributed by atoms with Crippen molar-refractivity contribution in [3.05, 3.63) is 11.1 Å². The minimum absolute atomic E-state index is 0.0311. The van der Waals surface area contributed by atoms with E-state index in [1.807, 2.05) is 6.20 Å². The summed E-state index contributed by atoms with van der Waals surface area (Å²) in [5.41, 5.74) is -0.343. The first-order valence-electron chi connectivity index (χ1n) is 7.49. The standard InChI is InChI=1S/C15H21N3O3S/c1-14(2,3)10-8-16-12(22-10)18-5-4-15(11(18)19)6-9(7-15)17-13(20)21/h8-9,17H,4-7H2,1-3H3,(H,20,21). The van der Waals surface area contributed by atoms with Gasteiger partial charge in [-0.3, -0.25) is 9.69 Å². The summed E-state index contributed by atoms with van der Waals surface area (Å²) in [4.78, 5) is 30.7. The monoisotopic (exact) mass is 323 g/mol. The number of amides is 2. The second-order valence-corrected chi connectivity index (χ2v) is 8.31. The molecule has 1 aliphatic carbocycles. The van der Waals surface area contributed by atoms with Crippen LogP contribution in [0.1, 0.15) is 44.9 Å². The molecule has 2 heterocycles. The van der Waals surface area contributed by atoms with Crippen LogP contribution in [0.25, 0.3) is 0 Å². The van der Waals surface area contributed by atoms with Crippen molar-refractivity contribution in [3.63, 3.8) is 0 Å². The maximum atomic E-state index is 12.7. The number of rotatable bonds is 2. The maximum Gasteiger partial charge on any atom is 0.404 e. The SMILES string of the molecule is CC(C)(C)c1cnc(N2CCC3(CC(NC(=O)O)C3)C2=O)s1. The molecule has 0 bridgehead atoms. The molecule has 1 aromatic rings. The van der Waals surface area contributed by atoms with E-state index in [0.29, 0.717) is 19.4 Å². The summed E-state index contributed by atoms with van der Waals surface area (Å²) in [6.07, 6.45) is 2.83. The predicted molar refractivity (Wildman–Crippen MR) is 84.4 cm³/mol. The number of aromatic nitrogens is 1. The van der Waals surface area contributed by atoms with Crippen molar-refractivity contribution in [2.75, 3.05) is 11.4 Å². The van der Waals surface area contributed by atoms with E-state index in [0.717, 1.165) is 16.4 Å². The molecular weight excluding hydrogens is 302 g/mol. The van der Waals surface area contributed by atoms with Crippen molar-refractivity contribution in [1.29, 1.82) is 0 Å². The van der Waals surface area contributed by atoms with Crippen molar-refractivity contribution >= 4 is 28.5 Å². The minimum Gasteiger partial charge on any atom is -0.465 e. The first-order chi connectivity index (χ1) is 10.2. The molecule has 1 saturated heterocycles. The van der Waals surface area contributed by atoms with Crippen molar-refractivity contribution in [1.82, 2.24) is 10.3 Å². The Morgan fingerprint density at radius 3 is 2.73 bits per heavy atom. The van der Waals surface area contributed by atoms with Crippen LogP contribution in [-0.2, 0) is 10.2 Å². The average molecular weight is 323 g/mol. The van der Waals surface area contributed by atoms with Crippen LogP contribution < -0.4 is 10.2 Å². The highest BCUT2D eigenvalue weighted by Crippen LogP contribution is 2.50. The fourth-order valence-corrected chi connectivity index (χ4v) is 4.28. The Bertz CT molecular complexity index is 614. The van der Waals surface area contributed by atoms with E-state index < -0.39 is 6.09 Å². The van der Waals surface area contributed by atoms with E-state index in [1.165, 1.54) is 0 Å². The lowest BCUT2D eigenvalue weighted by molar-refractivity contribution is -0.131. The zero-order valence-corrected chi connectivity index (χ0v) is 13.9. The van der Waals surface area contributed by atoms with Crippen LogP contribution in [0.3, 0.4) is 0 Å². The molecule has 7 heteroatoms. The number of hydrogen-bond donors (Lipinski definition) is 2. The molecule has 1 saturated carbocycles. The van der Waals surface area contributed by atoms with Crippen LogP contribution in [0.2, 0.25) is 0 Å². The van der Waals surface area contributed by atoms with Gasteiger partial charge in [0.1, 0.15) is 0 Å². The van der Waals surface area contributed by atoms with Gasteiger partial charge < -0.3 is 10.4 Å². The van der Waals surface area contributed by atoms with E-state index in [4.69, 9.17) is 5.11 Å². The Hall–Kier alpha value is -1.63. The fourth-order valence-electron chi connectivity index (χ4n) is 3.28. The molecule has 0 radical (unpaired) electrons. The van der Waals surface area contributed by atoms with E-state index in [2.05, 4.69) is 31.1 Å². The number of hydrogen-bond acceptors (Lipinski definition) is 4. The summed E-state index contributed by atoms with van der Waals surface area (Å²) in [7, 11) is 0. The van der Waals surface area contributed by atoms with Crippen molar-refractivity contribution in [2.24, 2.45) is 5.41 Å². The quantitative estimate of drug-likeness (QED) is 0.876. The second-order valence-electron chi connectivity index (χ2n) is 7.30. The number of nitrogens with zero attached hydrogens (tertiary/aromatic N) is 2. The Labute approximate surface area is 133 Å². The molecule has 1 spiro atoms. The normalized spacial score (nSPS) is 28.0. The molecule has 3 rings (SSSR count). The molecule has 6 nitrogen and oxygen atoms in total. The van der Waals surface area contributed by atoms with Gasteiger partial charge in [0.2, 0.25) is 5.91 Å². The van der Waals surface area contributed by atoms with Gasteiger partial charge in [-0.15, -0.1) is 11.3 Å². The second kappa shape index (κ2) is 4.94. The zero-order valence-electron chi connectivity index (χ0n) is 13.0. The number of carbonyl (C=O) groups excluding carboxylic acids is 1. The topological polar surface area (TPSA) is 82.5 Å². The number of nitrogens with one attached hydrogen (secondary N) is 1. The lowest BCUT2D eigenvalue weighted by atomic mass is 9.64. The van der Waals surface area contributed by atoms with Crippen LogP contribution in [0.5, 0.6) is 0 Å². The molecule has 22 heavy (non-hydrogen) atoms. The van der Waals surface area contributed by atoms with Crippen LogP contribution in [0.15, 0.2) is 6.20 Å².